The van der Waals surface area contributed by atoms with E-state index in [2.05, 4.69) is 9.46 Å². The standard InChI is InChI=1S/C15H15NO4S2/c1-11-10-13(21-14(11)15(17)20-2)16-22(18,19)9-8-12-6-4-3-5-7-12/h3-10,16H,1-2H3/b9-8+. The van der Waals surface area contributed by atoms with Crippen molar-refractivity contribution < 1.29 is 17.9 Å². The molecule has 0 bridgehead atoms. The van der Waals surface area contributed by atoms with Crippen LogP contribution in [0.4, 0.5) is 5.00 Å². The third-order valence-corrected chi connectivity index (χ3v) is 5.03. The SMILES string of the molecule is COC(=O)c1sc(NS(=O)(=O)/C=C/c2ccccc2)cc1C. The number of esters is 1. The molecule has 22 heavy (non-hydrogen) atoms. The maximum Gasteiger partial charge on any atom is 0.348 e. The lowest BCUT2D eigenvalue weighted by atomic mass is 10.2. The Morgan fingerprint density at radius 2 is 1.95 bits per heavy atom. The van der Waals surface area contributed by atoms with E-state index in [0.717, 1.165) is 22.3 Å². The van der Waals surface area contributed by atoms with E-state index in [0.29, 0.717) is 15.4 Å². The first-order valence-electron chi connectivity index (χ1n) is 6.36. The highest BCUT2D eigenvalue weighted by Gasteiger charge is 2.16. The molecule has 0 saturated carbocycles. The molecule has 0 aliphatic carbocycles. The highest BCUT2D eigenvalue weighted by atomic mass is 32.2. The van der Waals surface area contributed by atoms with Gasteiger partial charge in [-0.25, -0.2) is 13.2 Å². The Labute approximate surface area is 133 Å². The molecule has 116 valence electrons. The van der Waals surface area contributed by atoms with Crippen LogP contribution in [0.3, 0.4) is 0 Å². The summed E-state index contributed by atoms with van der Waals surface area (Å²) in [6.45, 7) is 1.72. The van der Waals surface area contributed by atoms with E-state index in [9.17, 15) is 13.2 Å². The van der Waals surface area contributed by atoms with Crippen LogP contribution in [0, 0.1) is 6.92 Å². The molecule has 1 N–H and O–H groups in total. The van der Waals surface area contributed by atoms with Crippen molar-refractivity contribution in [1.82, 2.24) is 0 Å². The van der Waals surface area contributed by atoms with E-state index in [4.69, 9.17) is 0 Å². The minimum Gasteiger partial charge on any atom is -0.465 e. The molecule has 0 aliphatic heterocycles. The number of aryl methyl sites for hydroxylation is 1. The van der Waals surface area contributed by atoms with Gasteiger partial charge < -0.3 is 4.74 Å². The third kappa shape index (κ3) is 4.19. The summed E-state index contributed by atoms with van der Waals surface area (Å²) in [7, 11) is -2.36. The molecule has 0 atom stereocenters. The molecule has 0 unspecified atom stereocenters. The van der Waals surface area contributed by atoms with Gasteiger partial charge in [0.2, 0.25) is 0 Å². The molecule has 7 heteroatoms. The number of anilines is 1. The number of rotatable bonds is 5. The molecular weight excluding hydrogens is 322 g/mol. The van der Waals surface area contributed by atoms with Crippen LogP contribution in [0.15, 0.2) is 41.8 Å². The number of benzene rings is 1. The Bertz CT molecular complexity index is 792. The molecule has 5 nitrogen and oxygen atoms in total. The number of nitrogens with one attached hydrogen (secondary N) is 1. The average Bonchev–Trinajstić information content (AvgIpc) is 2.85. The summed E-state index contributed by atoms with van der Waals surface area (Å²) < 4.78 is 31.1. The van der Waals surface area contributed by atoms with Crippen molar-refractivity contribution >= 4 is 38.4 Å². The van der Waals surface area contributed by atoms with Crippen molar-refractivity contribution in [3.63, 3.8) is 0 Å². The van der Waals surface area contributed by atoms with Crippen LogP contribution in [0.2, 0.25) is 0 Å². The normalized spacial score (nSPS) is 11.5. The number of carbonyl (C=O) groups is 1. The van der Waals surface area contributed by atoms with Crippen LogP contribution in [0.1, 0.15) is 20.8 Å². The van der Waals surface area contributed by atoms with Gasteiger partial charge in [-0.05, 0) is 30.2 Å². The highest BCUT2D eigenvalue weighted by molar-refractivity contribution is 7.95. The third-order valence-electron chi connectivity index (χ3n) is 2.77. The molecule has 2 rings (SSSR count). The van der Waals surface area contributed by atoms with Crippen molar-refractivity contribution in [3.05, 3.63) is 57.8 Å². The lowest BCUT2D eigenvalue weighted by Crippen LogP contribution is -2.07. The van der Waals surface area contributed by atoms with Crippen molar-refractivity contribution in [2.75, 3.05) is 11.8 Å². The molecule has 1 aromatic carbocycles. The molecule has 0 radical (unpaired) electrons. The Hall–Kier alpha value is -2.12. The highest BCUT2D eigenvalue weighted by Crippen LogP contribution is 2.28. The van der Waals surface area contributed by atoms with E-state index in [1.54, 1.807) is 25.1 Å². The number of ether oxygens (including phenoxy) is 1. The van der Waals surface area contributed by atoms with Gasteiger partial charge in [-0.2, -0.15) is 0 Å². The zero-order valence-electron chi connectivity index (χ0n) is 12.1. The summed E-state index contributed by atoms with van der Waals surface area (Å²) in [5.41, 5.74) is 1.45. The van der Waals surface area contributed by atoms with Crippen LogP contribution in [-0.4, -0.2) is 21.5 Å². The molecule has 1 heterocycles. The van der Waals surface area contributed by atoms with E-state index < -0.39 is 16.0 Å². The van der Waals surface area contributed by atoms with E-state index >= 15 is 0 Å². The average molecular weight is 337 g/mol. The quantitative estimate of drug-likeness (QED) is 0.850. The van der Waals surface area contributed by atoms with Crippen LogP contribution < -0.4 is 4.72 Å². The minimum absolute atomic E-state index is 0.371. The number of sulfonamides is 1. The van der Waals surface area contributed by atoms with Gasteiger partial charge in [0, 0.05) is 0 Å². The largest absolute Gasteiger partial charge is 0.465 e. The lowest BCUT2D eigenvalue weighted by molar-refractivity contribution is 0.0605. The van der Waals surface area contributed by atoms with Crippen molar-refractivity contribution in [1.29, 1.82) is 0 Å². The maximum absolute atomic E-state index is 12.0. The van der Waals surface area contributed by atoms with Crippen molar-refractivity contribution in [2.24, 2.45) is 0 Å². The topological polar surface area (TPSA) is 72.5 Å². The maximum atomic E-state index is 12.0. The van der Waals surface area contributed by atoms with Gasteiger partial charge in [-0.1, -0.05) is 30.3 Å². The summed E-state index contributed by atoms with van der Waals surface area (Å²) in [6.07, 6.45) is 1.50. The fourth-order valence-corrected chi connectivity index (χ4v) is 3.84. The second-order valence-corrected chi connectivity index (χ2v) is 7.09. The fourth-order valence-electron chi connectivity index (χ4n) is 1.73. The number of carbonyl (C=O) groups excluding carboxylic acids is 1. The van der Waals surface area contributed by atoms with Gasteiger partial charge in [-0.3, -0.25) is 4.72 Å². The summed E-state index contributed by atoms with van der Waals surface area (Å²) >= 11 is 1.04. The van der Waals surface area contributed by atoms with Crippen molar-refractivity contribution in [3.8, 4) is 0 Å². The van der Waals surface area contributed by atoms with Gasteiger partial charge in [0.05, 0.1) is 12.5 Å². The first kappa shape index (κ1) is 16.3. The Morgan fingerprint density at radius 3 is 2.59 bits per heavy atom. The second kappa shape index (κ2) is 6.76. The Morgan fingerprint density at radius 1 is 1.27 bits per heavy atom. The Balaban J connectivity index is 2.16. The first-order valence-corrected chi connectivity index (χ1v) is 8.72. The molecule has 1 aromatic heterocycles. The minimum atomic E-state index is -3.64. The van der Waals surface area contributed by atoms with Gasteiger partial charge in [0.1, 0.15) is 9.88 Å². The first-order chi connectivity index (χ1) is 10.4. The van der Waals surface area contributed by atoms with E-state index in [-0.39, 0.29) is 0 Å². The number of methoxy groups -OCH3 is 1. The molecule has 2 aromatic rings. The van der Waals surface area contributed by atoms with Crippen molar-refractivity contribution in [2.45, 2.75) is 6.92 Å². The summed E-state index contributed by atoms with van der Waals surface area (Å²) in [5, 5.41) is 1.46. The Kier molecular flexibility index (Phi) is 4.99. The molecule has 0 amide bonds. The number of thiophene rings is 1. The predicted octanol–water partition coefficient (Wildman–Crippen LogP) is 3.26. The van der Waals surface area contributed by atoms with Crippen LogP contribution >= 0.6 is 11.3 Å². The molecular formula is C15H15NO4S2. The molecule has 0 spiro atoms. The summed E-state index contributed by atoms with van der Waals surface area (Å²) in [4.78, 5) is 11.9. The zero-order valence-corrected chi connectivity index (χ0v) is 13.7. The fraction of sp³-hybridized carbons (Fsp3) is 0.133. The van der Waals surface area contributed by atoms with Crippen LogP contribution in [0.25, 0.3) is 6.08 Å². The number of hydrogen-bond donors (Lipinski definition) is 1. The van der Waals surface area contributed by atoms with E-state index in [1.165, 1.54) is 13.2 Å². The van der Waals surface area contributed by atoms with Crippen LogP contribution in [-0.2, 0) is 14.8 Å². The van der Waals surface area contributed by atoms with Gasteiger partial charge in [-0.15, -0.1) is 11.3 Å². The second-order valence-electron chi connectivity index (χ2n) is 4.47. The summed E-state index contributed by atoms with van der Waals surface area (Å²) in [5.74, 6) is -0.479. The zero-order chi connectivity index (χ0) is 16.2. The summed E-state index contributed by atoms with van der Waals surface area (Å²) in [6, 6.07) is 10.7. The monoisotopic (exact) mass is 337 g/mol. The van der Waals surface area contributed by atoms with Crippen LogP contribution in [0.5, 0.6) is 0 Å². The van der Waals surface area contributed by atoms with Gasteiger partial charge in [0.25, 0.3) is 10.0 Å². The molecule has 0 fully saturated rings. The molecule has 0 aliphatic rings. The molecule has 0 saturated heterocycles. The van der Waals surface area contributed by atoms with E-state index in [1.807, 2.05) is 18.2 Å². The van der Waals surface area contributed by atoms with Gasteiger partial charge in [0.15, 0.2) is 0 Å². The number of hydrogen-bond acceptors (Lipinski definition) is 5. The lowest BCUT2D eigenvalue weighted by Gasteiger charge is -2.00. The smallest absolute Gasteiger partial charge is 0.348 e. The van der Waals surface area contributed by atoms with Gasteiger partial charge >= 0.3 is 5.97 Å². The predicted molar refractivity (Wildman–Crippen MR) is 88.4 cm³/mol.